The lowest BCUT2D eigenvalue weighted by atomic mass is 10.1. The summed E-state index contributed by atoms with van der Waals surface area (Å²) in [6.45, 7) is 5.24. The molecule has 0 bridgehead atoms. The first kappa shape index (κ1) is 17.5. The number of piperidine rings is 1. The molecular formula is C18H27N5O2. The van der Waals surface area contributed by atoms with E-state index in [1.54, 1.807) is 12.5 Å². The zero-order valence-electron chi connectivity index (χ0n) is 14.7. The van der Waals surface area contributed by atoms with Crippen LogP contribution < -0.4 is 10.6 Å². The summed E-state index contributed by atoms with van der Waals surface area (Å²) in [5, 5.41) is 10.1. The van der Waals surface area contributed by atoms with Crippen LogP contribution in [0.4, 0.5) is 4.79 Å². The number of nitrogens with one attached hydrogen (secondary N) is 2. The SMILES string of the molecule is C[C@H](Cn1cccn1)NC(=O)NC[C@H](c1ccco1)N1CCCCC1. The van der Waals surface area contributed by atoms with Gasteiger partial charge in [0.15, 0.2) is 0 Å². The fourth-order valence-corrected chi connectivity index (χ4v) is 3.32. The Labute approximate surface area is 148 Å². The van der Waals surface area contributed by atoms with Crippen LogP contribution in [0.1, 0.15) is 38.0 Å². The molecule has 2 aromatic rings. The van der Waals surface area contributed by atoms with Gasteiger partial charge in [0, 0.05) is 25.0 Å². The summed E-state index contributed by atoms with van der Waals surface area (Å²) in [7, 11) is 0. The maximum atomic E-state index is 12.2. The Hall–Kier alpha value is -2.28. The van der Waals surface area contributed by atoms with Gasteiger partial charge in [-0.15, -0.1) is 0 Å². The number of rotatable bonds is 7. The molecule has 2 aromatic heterocycles. The van der Waals surface area contributed by atoms with Crippen LogP contribution in [-0.4, -0.2) is 46.4 Å². The first-order valence-electron chi connectivity index (χ1n) is 9.01. The highest BCUT2D eigenvalue weighted by Gasteiger charge is 2.25. The number of amides is 2. The molecule has 0 saturated carbocycles. The van der Waals surface area contributed by atoms with E-state index < -0.39 is 0 Å². The van der Waals surface area contributed by atoms with Crippen molar-refractivity contribution in [2.24, 2.45) is 0 Å². The highest BCUT2D eigenvalue weighted by atomic mass is 16.3. The molecule has 25 heavy (non-hydrogen) atoms. The van der Waals surface area contributed by atoms with Gasteiger partial charge >= 0.3 is 6.03 Å². The third-order valence-corrected chi connectivity index (χ3v) is 4.56. The number of nitrogens with zero attached hydrogens (tertiary/aromatic N) is 3. The number of furan rings is 1. The lowest BCUT2D eigenvalue weighted by Gasteiger charge is -2.33. The second-order valence-electron chi connectivity index (χ2n) is 6.61. The normalized spacial score (nSPS) is 17.8. The fourth-order valence-electron chi connectivity index (χ4n) is 3.32. The van der Waals surface area contributed by atoms with Gasteiger partial charge in [-0.1, -0.05) is 6.42 Å². The average Bonchev–Trinajstić information content (AvgIpc) is 3.30. The predicted molar refractivity (Wildman–Crippen MR) is 95.1 cm³/mol. The van der Waals surface area contributed by atoms with E-state index in [0.29, 0.717) is 13.1 Å². The van der Waals surface area contributed by atoms with E-state index in [1.165, 1.54) is 19.3 Å². The molecule has 7 heteroatoms. The van der Waals surface area contributed by atoms with Gasteiger partial charge in [-0.25, -0.2) is 4.79 Å². The average molecular weight is 345 g/mol. The summed E-state index contributed by atoms with van der Waals surface area (Å²) in [4.78, 5) is 14.6. The maximum Gasteiger partial charge on any atom is 0.315 e. The summed E-state index contributed by atoms with van der Waals surface area (Å²) in [5.74, 6) is 0.909. The molecule has 0 unspecified atom stereocenters. The molecule has 0 aliphatic carbocycles. The van der Waals surface area contributed by atoms with Gasteiger partial charge in [0.25, 0.3) is 0 Å². The van der Waals surface area contributed by atoms with Crippen LogP contribution >= 0.6 is 0 Å². The number of aromatic nitrogens is 2. The molecular weight excluding hydrogens is 318 g/mol. The lowest BCUT2D eigenvalue weighted by Crippen LogP contribution is -2.46. The van der Waals surface area contributed by atoms with Crippen molar-refractivity contribution in [2.75, 3.05) is 19.6 Å². The third-order valence-electron chi connectivity index (χ3n) is 4.56. The molecule has 136 valence electrons. The van der Waals surface area contributed by atoms with Crippen molar-refractivity contribution in [3.63, 3.8) is 0 Å². The molecule has 3 rings (SSSR count). The van der Waals surface area contributed by atoms with Crippen LogP contribution in [0.25, 0.3) is 0 Å². The third kappa shape index (κ3) is 5.09. The van der Waals surface area contributed by atoms with E-state index in [4.69, 9.17) is 4.42 Å². The number of hydrogen-bond acceptors (Lipinski definition) is 4. The largest absolute Gasteiger partial charge is 0.468 e. The molecule has 0 spiro atoms. The number of hydrogen-bond donors (Lipinski definition) is 2. The Morgan fingerprint density at radius 2 is 2.16 bits per heavy atom. The summed E-state index contributed by atoms with van der Waals surface area (Å²) >= 11 is 0. The Kier molecular flexibility index (Phi) is 6.11. The van der Waals surface area contributed by atoms with Crippen molar-refractivity contribution in [1.29, 1.82) is 0 Å². The molecule has 0 aromatic carbocycles. The molecule has 0 radical (unpaired) electrons. The van der Waals surface area contributed by atoms with Crippen LogP contribution in [0.15, 0.2) is 41.3 Å². The van der Waals surface area contributed by atoms with Crippen molar-refractivity contribution in [3.8, 4) is 0 Å². The van der Waals surface area contributed by atoms with Crippen molar-refractivity contribution >= 4 is 6.03 Å². The minimum Gasteiger partial charge on any atom is -0.468 e. The topological polar surface area (TPSA) is 75.3 Å². The summed E-state index contributed by atoms with van der Waals surface area (Å²) in [5.41, 5.74) is 0. The van der Waals surface area contributed by atoms with E-state index in [9.17, 15) is 4.79 Å². The number of carbonyl (C=O) groups is 1. The summed E-state index contributed by atoms with van der Waals surface area (Å²) < 4.78 is 7.42. The summed E-state index contributed by atoms with van der Waals surface area (Å²) in [6, 6.07) is 5.68. The van der Waals surface area contributed by atoms with Gasteiger partial charge in [0.05, 0.1) is 18.8 Å². The van der Waals surface area contributed by atoms with Crippen molar-refractivity contribution in [1.82, 2.24) is 25.3 Å². The van der Waals surface area contributed by atoms with Crippen molar-refractivity contribution in [3.05, 3.63) is 42.6 Å². The molecule has 1 fully saturated rings. The van der Waals surface area contributed by atoms with E-state index >= 15 is 0 Å². The maximum absolute atomic E-state index is 12.2. The van der Waals surface area contributed by atoms with Crippen LogP contribution in [0.2, 0.25) is 0 Å². The second kappa shape index (κ2) is 8.71. The monoisotopic (exact) mass is 345 g/mol. The standard InChI is InChI=1S/C18H27N5O2/c1-15(14-23-11-6-8-20-23)21-18(24)19-13-16(17-7-5-12-25-17)22-9-3-2-4-10-22/h5-8,11-12,15-16H,2-4,9-10,13-14H2,1H3,(H2,19,21,24)/t15-,16-/m1/s1. The van der Waals surface area contributed by atoms with E-state index in [1.807, 2.05) is 36.0 Å². The predicted octanol–water partition coefficient (Wildman–Crippen LogP) is 2.39. The van der Waals surface area contributed by atoms with Gasteiger partial charge in [0.1, 0.15) is 5.76 Å². The molecule has 2 atom stereocenters. The lowest BCUT2D eigenvalue weighted by molar-refractivity contribution is 0.143. The Morgan fingerprint density at radius 3 is 2.84 bits per heavy atom. The van der Waals surface area contributed by atoms with Gasteiger partial charge in [-0.05, 0) is 51.1 Å². The molecule has 2 N–H and O–H groups in total. The zero-order valence-corrected chi connectivity index (χ0v) is 14.7. The van der Waals surface area contributed by atoms with Gasteiger partial charge in [-0.2, -0.15) is 5.10 Å². The van der Waals surface area contributed by atoms with Gasteiger partial charge in [-0.3, -0.25) is 9.58 Å². The van der Waals surface area contributed by atoms with E-state index in [2.05, 4.69) is 20.6 Å². The van der Waals surface area contributed by atoms with Crippen LogP contribution in [0.5, 0.6) is 0 Å². The summed E-state index contributed by atoms with van der Waals surface area (Å²) in [6.07, 6.45) is 8.99. The minimum absolute atomic E-state index is 0.00282. The molecule has 1 saturated heterocycles. The Morgan fingerprint density at radius 1 is 1.32 bits per heavy atom. The molecule has 1 aliphatic heterocycles. The Balaban J connectivity index is 1.50. The second-order valence-corrected chi connectivity index (χ2v) is 6.61. The van der Waals surface area contributed by atoms with Gasteiger partial charge < -0.3 is 15.1 Å². The number of urea groups is 1. The smallest absolute Gasteiger partial charge is 0.315 e. The minimum atomic E-state index is -0.159. The molecule has 1 aliphatic rings. The Bertz CT molecular complexity index is 620. The molecule has 7 nitrogen and oxygen atoms in total. The first-order valence-corrected chi connectivity index (χ1v) is 9.01. The number of carbonyl (C=O) groups excluding carboxylic acids is 1. The van der Waals surface area contributed by atoms with E-state index in [0.717, 1.165) is 18.8 Å². The highest BCUT2D eigenvalue weighted by molar-refractivity contribution is 5.74. The number of likely N-dealkylation sites (tertiary alicyclic amines) is 1. The van der Waals surface area contributed by atoms with Crippen molar-refractivity contribution in [2.45, 2.75) is 44.8 Å². The van der Waals surface area contributed by atoms with Gasteiger partial charge in [0.2, 0.25) is 0 Å². The van der Waals surface area contributed by atoms with Crippen molar-refractivity contribution < 1.29 is 9.21 Å². The highest BCUT2D eigenvalue weighted by Crippen LogP contribution is 2.24. The van der Waals surface area contributed by atoms with Crippen LogP contribution in [0, 0.1) is 0 Å². The molecule has 2 amide bonds. The fraction of sp³-hybridized carbons (Fsp3) is 0.556. The van der Waals surface area contributed by atoms with Crippen LogP contribution in [0.3, 0.4) is 0 Å². The molecule has 3 heterocycles. The zero-order chi connectivity index (χ0) is 17.5. The first-order chi connectivity index (χ1) is 12.2. The van der Waals surface area contributed by atoms with Crippen LogP contribution in [-0.2, 0) is 6.54 Å². The van der Waals surface area contributed by atoms with E-state index in [-0.39, 0.29) is 18.1 Å². The quantitative estimate of drug-likeness (QED) is 0.808.